The summed E-state index contributed by atoms with van der Waals surface area (Å²) in [7, 11) is 0. The summed E-state index contributed by atoms with van der Waals surface area (Å²) in [5.41, 5.74) is 0.800. The van der Waals surface area contributed by atoms with E-state index >= 15 is 0 Å². The number of benzene rings is 1. The number of rotatable bonds is 3. The average molecular weight is 331 g/mol. The summed E-state index contributed by atoms with van der Waals surface area (Å²) < 4.78 is 17.7. The zero-order valence-electron chi connectivity index (χ0n) is 11.9. The molecule has 2 aliphatic heterocycles. The Labute approximate surface area is 135 Å². The minimum Gasteiger partial charge on any atom is -0.490 e. The van der Waals surface area contributed by atoms with Gasteiger partial charge in [0.15, 0.2) is 0 Å². The van der Waals surface area contributed by atoms with Gasteiger partial charge in [-0.25, -0.2) is 0 Å². The predicted molar refractivity (Wildman–Crippen MR) is 83.4 cm³/mol. The maximum Gasteiger partial charge on any atom is 0.125 e. The second kappa shape index (κ2) is 6.74. The molecule has 1 aromatic carbocycles. The molecule has 116 valence electrons. The molecule has 1 spiro atoms. The van der Waals surface area contributed by atoms with Crippen molar-refractivity contribution in [2.45, 2.75) is 43.3 Å². The van der Waals surface area contributed by atoms with E-state index in [2.05, 4.69) is 0 Å². The molecule has 0 aromatic heterocycles. The summed E-state index contributed by atoms with van der Waals surface area (Å²) >= 11 is 12.2. The molecule has 5 heteroatoms. The molecule has 21 heavy (non-hydrogen) atoms. The van der Waals surface area contributed by atoms with Gasteiger partial charge >= 0.3 is 0 Å². The Morgan fingerprint density at radius 3 is 2.81 bits per heavy atom. The standard InChI is InChI=1S/C16H20Cl2O3/c17-11-13-14(18)2-1-3-15(13)21-12-4-7-20-16(10-12)5-8-19-9-6-16/h1-3,12H,4-11H2. The van der Waals surface area contributed by atoms with Crippen LogP contribution >= 0.6 is 23.2 Å². The van der Waals surface area contributed by atoms with Crippen molar-refractivity contribution in [3.8, 4) is 5.75 Å². The molecule has 0 aliphatic carbocycles. The monoisotopic (exact) mass is 330 g/mol. The molecule has 2 saturated heterocycles. The van der Waals surface area contributed by atoms with Gasteiger partial charge in [-0.2, -0.15) is 0 Å². The van der Waals surface area contributed by atoms with E-state index in [0.29, 0.717) is 10.9 Å². The lowest BCUT2D eigenvalue weighted by molar-refractivity contribution is -0.155. The number of ether oxygens (including phenoxy) is 3. The van der Waals surface area contributed by atoms with Gasteiger partial charge in [-0.3, -0.25) is 0 Å². The van der Waals surface area contributed by atoms with Crippen LogP contribution in [-0.4, -0.2) is 31.5 Å². The van der Waals surface area contributed by atoms with Crippen LogP contribution in [0.25, 0.3) is 0 Å². The summed E-state index contributed by atoms with van der Waals surface area (Å²) in [6.07, 6.45) is 3.86. The van der Waals surface area contributed by atoms with Crippen molar-refractivity contribution in [3.05, 3.63) is 28.8 Å². The Kier molecular flexibility index (Phi) is 4.95. The maximum atomic E-state index is 6.20. The van der Waals surface area contributed by atoms with Gasteiger partial charge in [0.05, 0.1) is 18.1 Å². The average Bonchev–Trinajstić information content (AvgIpc) is 2.48. The number of halogens is 2. The van der Waals surface area contributed by atoms with E-state index in [0.717, 1.165) is 56.8 Å². The number of hydrogen-bond donors (Lipinski definition) is 0. The second-order valence-corrected chi connectivity index (χ2v) is 6.40. The van der Waals surface area contributed by atoms with Gasteiger partial charge in [-0.1, -0.05) is 17.7 Å². The van der Waals surface area contributed by atoms with E-state index in [1.54, 1.807) is 0 Å². The summed E-state index contributed by atoms with van der Waals surface area (Å²) in [6, 6.07) is 5.68. The largest absolute Gasteiger partial charge is 0.490 e. The van der Waals surface area contributed by atoms with E-state index in [4.69, 9.17) is 37.4 Å². The fraction of sp³-hybridized carbons (Fsp3) is 0.625. The van der Waals surface area contributed by atoms with Gasteiger partial charge in [0, 0.05) is 36.6 Å². The fourth-order valence-corrected chi connectivity index (χ4v) is 3.71. The van der Waals surface area contributed by atoms with Crippen molar-refractivity contribution in [3.63, 3.8) is 0 Å². The van der Waals surface area contributed by atoms with Crippen LogP contribution in [0, 0.1) is 0 Å². The summed E-state index contributed by atoms with van der Waals surface area (Å²) in [5, 5.41) is 0.662. The molecular formula is C16H20Cl2O3. The van der Waals surface area contributed by atoms with Gasteiger partial charge in [0.1, 0.15) is 11.9 Å². The Morgan fingerprint density at radius 1 is 1.24 bits per heavy atom. The molecule has 0 bridgehead atoms. The minimum absolute atomic E-state index is 0.0686. The Hall–Kier alpha value is -0.480. The molecule has 2 fully saturated rings. The van der Waals surface area contributed by atoms with Crippen molar-refractivity contribution < 1.29 is 14.2 Å². The summed E-state index contributed by atoms with van der Waals surface area (Å²) in [5.74, 6) is 1.16. The van der Waals surface area contributed by atoms with Gasteiger partial charge in [0.2, 0.25) is 0 Å². The van der Waals surface area contributed by atoms with Gasteiger partial charge in [0.25, 0.3) is 0 Å². The van der Waals surface area contributed by atoms with Crippen LogP contribution in [0.1, 0.15) is 31.2 Å². The third-order valence-electron chi connectivity index (χ3n) is 4.35. The van der Waals surface area contributed by atoms with E-state index in [1.807, 2.05) is 18.2 Å². The van der Waals surface area contributed by atoms with E-state index in [1.165, 1.54) is 0 Å². The lowest BCUT2D eigenvalue weighted by atomic mass is 9.85. The smallest absolute Gasteiger partial charge is 0.125 e. The van der Waals surface area contributed by atoms with Crippen LogP contribution in [0.15, 0.2) is 18.2 Å². The topological polar surface area (TPSA) is 27.7 Å². The SMILES string of the molecule is ClCc1c(Cl)cccc1OC1CCOC2(CCOCC2)C1. The highest BCUT2D eigenvalue weighted by Crippen LogP contribution is 2.37. The predicted octanol–water partition coefficient (Wildman–Crippen LogP) is 4.19. The zero-order valence-corrected chi connectivity index (χ0v) is 13.5. The van der Waals surface area contributed by atoms with Crippen LogP contribution < -0.4 is 4.74 Å². The first-order valence-corrected chi connectivity index (χ1v) is 8.35. The molecule has 1 unspecified atom stereocenters. The third-order valence-corrected chi connectivity index (χ3v) is 4.98. The quantitative estimate of drug-likeness (QED) is 0.778. The summed E-state index contributed by atoms with van der Waals surface area (Å²) in [4.78, 5) is 0. The van der Waals surface area contributed by atoms with Gasteiger partial charge < -0.3 is 14.2 Å². The van der Waals surface area contributed by atoms with E-state index in [9.17, 15) is 0 Å². The van der Waals surface area contributed by atoms with Crippen LogP contribution in [0.3, 0.4) is 0 Å². The molecule has 3 rings (SSSR count). The van der Waals surface area contributed by atoms with Crippen LogP contribution in [0.4, 0.5) is 0 Å². The molecule has 0 saturated carbocycles. The molecular weight excluding hydrogens is 311 g/mol. The number of alkyl halides is 1. The van der Waals surface area contributed by atoms with Crippen molar-refractivity contribution in [2.24, 2.45) is 0 Å². The molecule has 0 N–H and O–H groups in total. The number of hydrogen-bond acceptors (Lipinski definition) is 3. The fourth-order valence-electron chi connectivity index (χ4n) is 3.13. The summed E-state index contributed by atoms with van der Waals surface area (Å²) in [6.45, 7) is 2.29. The van der Waals surface area contributed by atoms with Crippen molar-refractivity contribution in [2.75, 3.05) is 19.8 Å². The first-order valence-electron chi connectivity index (χ1n) is 7.44. The third kappa shape index (κ3) is 3.48. The highest BCUT2D eigenvalue weighted by molar-refractivity contribution is 6.32. The molecule has 3 nitrogen and oxygen atoms in total. The first-order chi connectivity index (χ1) is 10.2. The Balaban J connectivity index is 1.71. The molecule has 1 aromatic rings. The zero-order chi connectivity index (χ0) is 14.7. The molecule has 0 radical (unpaired) electrons. The molecule has 2 aliphatic rings. The lowest BCUT2D eigenvalue weighted by Gasteiger charge is -2.43. The van der Waals surface area contributed by atoms with Crippen molar-refractivity contribution in [1.82, 2.24) is 0 Å². The maximum absolute atomic E-state index is 6.20. The van der Waals surface area contributed by atoms with E-state index < -0.39 is 0 Å². The molecule has 2 heterocycles. The highest BCUT2D eigenvalue weighted by atomic mass is 35.5. The van der Waals surface area contributed by atoms with E-state index in [-0.39, 0.29) is 11.7 Å². The first kappa shape index (κ1) is 15.4. The van der Waals surface area contributed by atoms with Crippen LogP contribution in [-0.2, 0) is 15.4 Å². The minimum atomic E-state index is -0.0686. The highest BCUT2D eigenvalue weighted by Gasteiger charge is 2.40. The normalized spacial score (nSPS) is 25.0. The Morgan fingerprint density at radius 2 is 2.05 bits per heavy atom. The van der Waals surface area contributed by atoms with Gasteiger partial charge in [-0.15, -0.1) is 11.6 Å². The van der Waals surface area contributed by atoms with Crippen LogP contribution in [0.5, 0.6) is 5.75 Å². The molecule has 1 atom stereocenters. The lowest BCUT2D eigenvalue weighted by Crippen LogP contribution is -2.47. The van der Waals surface area contributed by atoms with Gasteiger partial charge in [-0.05, 0) is 25.0 Å². The van der Waals surface area contributed by atoms with Crippen LogP contribution in [0.2, 0.25) is 5.02 Å². The Bertz CT molecular complexity index is 481. The van der Waals surface area contributed by atoms with Crippen molar-refractivity contribution >= 4 is 23.2 Å². The molecule has 0 amide bonds. The second-order valence-electron chi connectivity index (χ2n) is 5.73. The van der Waals surface area contributed by atoms with Crippen molar-refractivity contribution in [1.29, 1.82) is 0 Å².